The first-order chi connectivity index (χ1) is 13.0. The molecular formula is C20H16Cl2N2O3. The number of anilines is 1. The lowest BCUT2D eigenvalue weighted by molar-refractivity contribution is -0.108. The number of rotatable bonds is 7. The molecule has 27 heavy (non-hydrogen) atoms. The molecule has 0 unspecified atom stereocenters. The van der Waals surface area contributed by atoms with Crippen LogP contribution in [-0.2, 0) is 4.79 Å². The van der Waals surface area contributed by atoms with Gasteiger partial charge in [-0.3, -0.25) is 9.59 Å². The van der Waals surface area contributed by atoms with Crippen LogP contribution in [0.3, 0.4) is 0 Å². The number of carbonyl (C=O) groups excluding carboxylic acids is 3. The van der Waals surface area contributed by atoms with Crippen LogP contribution in [0.4, 0.5) is 5.69 Å². The summed E-state index contributed by atoms with van der Waals surface area (Å²) in [6, 6.07) is 13.7. The van der Waals surface area contributed by atoms with Crippen LogP contribution in [0, 0.1) is 0 Å². The lowest BCUT2D eigenvalue weighted by atomic mass is 9.92. The molecule has 0 aromatic heterocycles. The maximum absolute atomic E-state index is 12.9. The number of carbonyl (C=O) groups is 3. The second kappa shape index (κ2) is 8.37. The van der Waals surface area contributed by atoms with Gasteiger partial charge in [0.25, 0.3) is 0 Å². The second-order valence-electron chi connectivity index (χ2n) is 5.91. The van der Waals surface area contributed by atoms with E-state index in [4.69, 9.17) is 23.2 Å². The van der Waals surface area contributed by atoms with Gasteiger partial charge in [-0.1, -0.05) is 47.5 Å². The van der Waals surface area contributed by atoms with E-state index in [0.717, 1.165) is 5.69 Å². The average molecular weight is 403 g/mol. The molecular weight excluding hydrogens is 387 g/mol. The fourth-order valence-corrected chi connectivity index (χ4v) is 3.33. The molecule has 3 rings (SSSR count). The summed E-state index contributed by atoms with van der Waals surface area (Å²) in [5.74, 6) is -0.771. The molecule has 5 nitrogen and oxygen atoms in total. The Kier molecular flexibility index (Phi) is 5.94. The zero-order valence-electron chi connectivity index (χ0n) is 14.2. The van der Waals surface area contributed by atoms with Crippen molar-refractivity contribution in [1.82, 2.24) is 4.90 Å². The molecule has 0 bridgehead atoms. The smallest absolute Gasteiger partial charge is 0.211 e. The number of aldehydes is 1. The first-order valence-corrected chi connectivity index (χ1v) is 9.04. The highest BCUT2D eigenvalue weighted by molar-refractivity contribution is 6.49. The summed E-state index contributed by atoms with van der Waals surface area (Å²) in [6.07, 6.45) is 0.678. The molecule has 0 aliphatic heterocycles. The Balaban J connectivity index is 1.80. The van der Waals surface area contributed by atoms with Gasteiger partial charge in [-0.25, -0.2) is 0 Å². The number of hydrogen-bond donors (Lipinski definition) is 1. The van der Waals surface area contributed by atoms with Gasteiger partial charge in [0.05, 0.1) is 6.54 Å². The molecule has 0 saturated heterocycles. The number of hydrogen-bond acceptors (Lipinski definition) is 5. The molecule has 1 N–H and O–H groups in total. The van der Waals surface area contributed by atoms with Crippen molar-refractivity contribution in [2.75, 3.05) is 25.0 Å². The van der Waals surface area contributed by atoms with Crippen LogP contribution in [-0.4, -0.2) is 42.4 Å². The lowest BCUT2D eigenvalue weighted by Crippen LogP contribution is -2.37. The molecule has 2 aromatic rings. The summed E-state index contributed by atoms with van der Waals surface area (Å²) < 4.78 is 0. The van der Waals surface area contributed by atoms with Gasteiger partial charge in [0.2, 0.25) is 11.6 Å². The Bertz CT molecular complexity index is 923. The zero-order chi connectivity index (χ0) is 19.4. The molecule has 0 fully saturated rings. The van der Waals surface area contributed by atoms with Crippen LogP contribution >= 0.6 is 23.2 Å². The normalized spacial score (nSPS) is 13.4. The van der Waals surface area contributed by atoms with E-state index >= 15 is 0 Å². The summed E-state index contributed by atoms with van der Waals surface area (Å²) in [7, 11) is 0. The molecule has 0 radical (unpaired) electrons. The highest BCUT2D eigenvalue weighted by atomic mass is 35.5. The Morgan fingerprint density at radius 1 is 0.926 bits per heavy atom. The minimum atomic E-state index is -0.413. The largest absolute Gasteiger partial charge is 0.383 e. The van der Waals surface area contributed by atoms with Crippen LogP contribution < -0.4 is 5.32 Å². The minimum Gasteiger partial charge on any atom is -0.383 e. The summed E-state index contributed by atoms with van der Waals surface area (Å²) in [5.41, 5.74) is 1.48. The van der Waals surface area contributed by atoms with Crippen LogP contribution in [0.2, 0.25) is 5.02 Å². The molecule has 138 valence electrons. The van der Waals surface area contributed by atoms with Gasteiger partial charge in [0.15, 0.2) is 0 Å². The summed E-state index contributed by atoms with van der Waals surface area (Å²) >= 11 is 12.1. The van der Waals surface area contributed by atoms with Crippen LogP contribution in [0.1, 0.15) is 20.7 Å². The van der Waals surface area contributed by atoms with E-state index in [-0.39, 0.29) is 28.6 Å². The van der Waals surface area contributed by atoms with Crippen molar-refractivity contribution < 1.29 is 14.4 Å². The highest BCUT2D eigenvalue weighted by Gasteiger charge is 2.33. The zero-order valence-corrected chi connectivity index (χ0v) is 15.8. The summed E-state index contributed by atoms with van der Waals surface area (Å²) in [5, 5.41) is 3.65. The van der Waals surface area contributed by atoms with Gasteiger partial charge in [-0.2, -0.15) is 0 Å². The lowest BCUT2D eigenvalue weighted by Gasteiger charge is -2.28. The quantitative estimate of drug-likeness (QED) is 0.713. The maximum atomic E-state index is 12.9. The van der Waals surface area contributed by atoms with Crippen molar-refractivity contribution in [3.63, 3.8) is 0 Å². The third-order valence-corrected chi connectivity index (χ3v) is 4.81. The third-order valence-electron chi connectivity index (χ3n) is 4.20. The molecule has 7 heteroatoms. The molecule has 0 amide bonds. The van der Waals surface area contributed by atoms with Crippen molar-refractivity contribution in [3.8, 4) is 0 Å². The highest BCUT2D eigenvalue weighted by Crippen LogP contribution is 2.30. The van der Waals surface area contributed by atoms with Crippen molar-refractivity contribution in [3.05, 3.63) is 75.4 Å². The molecule has 0 heterocycles. The third kappa shape index (κ3) is 4.04. The Morgan fingerprint density at radius 2 is 1.56 bits per heavy atom. The van der Waals surface area contributed by atoms with Gasteiger partial charge >= 0.3 is 0 Å². The van der Waals surface area contributed by atoms with Crippen LogP contribution in [0.25, 0.3) is 0 Å². The number of Topliss-reactive ketones (excluding diaryl/α,β-unsaturated/α-hetero) is 2. The predicted octanol–water partition coefficient (Wildman–Crippen LogP) is 3.78. The van der Waals surface area contributed by atoms with Gasteiger partial charge in [0, 0.05) is 34.9 Å². The first kappa shape index (κ1) is 19.1. The molecule has 2 aromatic carbocycles. The second-order valence-corrected chi connectivity index (χ2v) is 6.73. The minimum absolute atomic E-state index is 0.0466. The molecule has 0 saturated carbocycles. The van der Waals surface area contributed by atoms with Gasteiger partial charge in [-0.05, 0) is 24.3 Å². The maximum Gasteiger partial charge on any atom is 0.211 e. The van der Waals surface area contributed by atoms with Crippen molar-refractivity contribution in [2.45, 2.75) is 0 Å². The van der Waals surface area contributed by atoms with E-state index in [0.29, 0.717) is 30.0 Å². The standard InChI is InChI=1S/C20H16Cl2N2O3/c21-13-5-7-14(8-6-13)23-9-10-24(11-12-25)18-17(22)19(26)15-3-1-2-4-16(15)20(18)27/h1-8,12,23H,9-11H2. The van der Waals surface area contributed by atoms with Crippen LogP contribution in [0.5, 0.6) is 0 Å². The number of nitrogens with one attached hydrogen (secondary N) is 1. The van der Waals surface area contributed by atoms with Crippen molar-refractivity contribution in [1.29, 1.82) is 0 Å². The predicted molar refractivity (Wildman–Crippen MR) is 106 cm³/mol. The summed E-state index contributed by atoms with van der Waals surface area (Å²) in [6.45, 7) is 0.704. The Labute approximate surface area is 166 Å². The average Bonchev–Trinajstić information content (AvgIpc) is 2.68. The SMILES string of the molecule is O=CCN(CCNc1ccc(Cl)cc1)C1=C(Cl)C(=O)c2ccccc2C1=O. The first-order valence-electron chi connectivity index (χ1n) is 8.29. The number of benzene rings is 2. The number of halogens is 2. The fraction of sp³-hybridized carbons (Fsp3) is 0.150. The summed E-state index contributed by atoms with van der Waals surface area (Å²) in [4.78, 5) is 38.0. The van der Waals surface area contributed by atoms with E-state index in [1.54, 1.807) is 36.4 Å². The monoisotopic (exact) mass is 402 g/mol. The fourth-order valence-electron chi connectivity index (χ4n) is 2.90. The number of ketones is 2. The number of nitrogens with zero attached hydrogens (tertiary/aromatic N) is 1. The van der Waals surface area contributed by atoms with Gasteiger partial charge in [0.1, 0.15) is 17.0 Å². The van der Waals surface area contributed by atoms with Crippen molar-refractivity contribution in [2.24, 2.45) is 0 Å². The van der Waals surface area contributed by atoms with Crippen molar-refractivity contribution >= 4 is 46.7 Å². The Morgan fingerprint density at radius 3 is 2.19 bits per heavy atom. The topological polar surface area (TPSA) is 66.5 Å². The van der Waals surface area contributed by atoms with E-state index in [1.165, 1.54) is 4.90 Å². The molecule has 1 aliphatic carbocycles. The van der Waals surface area contributed by atoms with E-state index in [1.807, 2.05) is 12.1 Å². The molecule has 1 aliphatic rings. The number of allylic oxidation sites excluding steroid dienone is 2. The van der Waals surface area contributed by atoms with E-state index in [9.17, 15) is 14.4 Å². The van der Waals surface area contributed by atoms with Crippen LogP contribution in [0.15, 0.2) is 59.3 Å². The van der Waals surface area contributed by atoms with E-state index < -0.39 is 5.78 Å². The van der Waals surface area contributed by atoms with Gasteiger partial charge < -0.3 is 15.0 Å². The van der Waals surface area contributed by atoms with Gasteiger partial charge in [-0.15, -0.1) is 0 Å². The van der Waals surface area contributed by atoms with E-state index in [2.05, 4.69) is 5.32 Å². The number of fused-ring (bicyclic) bond motifs is 1. The molecule has 0 spiro atoms. The Hall–Kier alpha value is -2.63. The molecule has 0 atom stereocenters.